The van der Waals surface area contributed by atoms with Crippen LogP contribution in [-0.2, 0) is 18.2 Å². The zero-order chi connectivity index (χ0) is 12.3. The number of esters is 1. The fourth-order valence-corrected chi connectivity index (χ4v) is 2.28. The number of nitrogens with one attached hydrogen (secondary N) is 1. The first-order chi connectivity index (χ1) is 8.20. The lowest BCUT2D eigenvalue weighted by atomic mass is 9.93. The molecule has 1 saturated heterocycles. The predicted octanol–water partition coefficient (Wildman–Crippen LogP) is 0.749. The standard InChI is InChI=1S/C12H19N3O2/c1-15-10(7-9-3-5-13-6-4-9)8-11(14-15)12(16)17-2/h8-9,13H,3-7H2,1-2H3. The highest BCUT2D eigenvalue weighted by Crippen LogP contribution is 2.18. The summed E-state index contributed by atoms with van der Waals surface area (Å²) in [7, 11) is 3.26. The Morgan fingerprint density at radius 3 is 2.94 bits per heavy atom. The summed E-state index contributed by atoms with van der Waals surface area (Å²) in [6.45, 7) is 2.18. The number of carbonyl (C=O) groups excluding carboxylic acids is 1. The Labute approximate surface area is 101 Å². The van der Waals surface area contributed by atoms with Gasteiger partial charge in [-0.3, -0.25) is 4.68 Å². The van der Waals surface area contributed by atoms with Gasteiger partial charge in [-0.1, -0.05) is 0 Å². The van der Waals surface area contributed by atoms with E-state index in [0.29, 0.717) is 11.6 Å². The number of hydrogen-bond acceptors (Lipinski definition) is 4. The molecule has 0 aromatic carbocycles. The third-order valence-electron chi connectivity index (χ3n) is 3.33. The van der Waals surface area contributed by atoms with E-state index >= 15 is 0 Å². The van der Waals surface area contributed by atoms with Gasteiger partial charge < -0.3 is 10.1 Å². The summed E-state index contributed by atoms with van der Waals surface area (Å²) >= 11 is 0. The van der Waals surface area contributed by atoms with Gasteiger partial charge in [0.15, 0.2) is 5.69 Å². The van der Waals surface area contributed by atoms with Crippen molar-refractivity contribution in [2.45, 2.75) is 19.3 Å². The van der Waals surface area contributed by atoms with E-state index in [2.05, 4.69) is 15.2 Å². The van der Waals surface area contributed by atoms with Crippen LogP contribution in [0, 0.1) is 5.92 Å². The molecule has 2 rings (SSSR count). The number of piperidine rings is 1. The SMILES string of the molecule is COC(=O)c1cc(CC2CCNCC2)n(C)n1. The minimum absolute atomic E-state index is 0.364. The summed E-state index contributed by atoms with van der Waals surface area (Å²) < 4.78 is 6.46. The molecule has 5 heteroatoms. The molecule has 1 aromatic rings. The number of carbonyl (C=O) groups is 1. The number of aromatic nitrogens is 2. The minimum atomic E-state index is -0.364. The first kappa shape index (κ1) is 12.1. The van der Waals surface area contributed by atoms with Crippen molar-refractivity contribution in [2.75, 3.05) is 20.2 Å². The molecule has 0 unspecified atom stereocenters. The first-order valence-electron chi connectivity index (χ1n) is 6.02. The Balaban J connectivity index is 2.04. The van der Waals surface area contributed by atoms with Crippen molar-refractivity contribution in [1.29, 1.82) is 0 Å². The molecular weight excluding hydrogens is 218 g/mol. The van der Waals surface area contributed by atoms with Crippen LogP contribution in [0.4, 0.5) is 0 Å². The molecule has 0 saturated carbocycles. The average molecular weight is 237 g/mol. The fourth-order valence-electron chi connectivity index (χ4n) is 2.28. The fraction of sp³-hybridized carbons (Fsp3) is 0.667. The molecule has 0 radical (unpaired) electrons. The molecule has 2 heterocycles. The van der Waals surface area contributed by atoms with E-state index in [1.54, 1.807) is 4.68 Å². The van der Waals surface area contributed by atoms with Gasteiger partial charge in [0.25, 0.3) is 0 Å². The molecule has 0 amide bonds. The normalized spacial score (nSPS) is 17.1. The Hall–Kier alpha value is -1.36. The van der Waals surface area contributed by atoms with Crippen molar-refractivity contribution in [3.05, 3.63) is 17.5 Å². The molecule has 1 aromatic heterocycles. The van der Waals surface area contributed by atoms with Crippen molar-refractivity contribution in [3.63, 3.8) is 0 Å². The van der Waals surface area contributed by atoms with Gasteiger partial charge in [-0.2, -0.15) is 5.10 Å². The first-order valence-corrected chi connectivity index (χ1v) is 6.02. The van der Waals surface area contributed by atoms with Crippen LogP contribution in [-0.4, -0.2) is 35.9 Å². The molecule has 0 aliphatic carbocycles. The Morgan fingerprint density at radius 1 is 1.59 bits per heavy atom. The van der Waals surface area contributed by atoms with Crippen molar-refractivity contribution in [2.24, 2.45) is 13.0 Å². The van der Waals surface area contributed by atoms with E-state index in [-0.39, 0.29) is 5.97 Å². The molecule has 0 atom stereocenters. The molecule has 1 aliphatic heterocycles. The van der Waals surface area contributed by atoms with Crippen LogP contribution in [0.25, 0.3) is 0 Å². The smallest absolute Gasteiger partial charge is 0.358 e. The topological polar surface area (TPSA) is 56.1 Å². The Kier molecular flexibility index (Phi) is 3.78. The number of nitrogens with zero attached hydrogens (tertiary/aromatic N) is 2. The highest BCUT2D eigenvalue weighted by molar-refractivity contribution is 5.87. The summed E-state index contributed by atoms with van der Waals surface area (Å²) in [5.74, 6) is 0.328. The summed E-state index contributed by atoms with van der Waals surface area (Å²) in [6.07, 6.45) is 3.37. The van der Waals surface area contributed by atoms with Gasteiger partial charge in [-0.05, 0) is 44.3 Å². The number of rotatable bonds is 3. The molecular formula is C12H19N3O2. The van der Waals surface area contributed by atoms with E-state index in [9.17, 15) is 4.79 Å². The highest BCUT2D eigenvalue weighted by Gasteiger charge is 2.18. The molecule has 17 heavy (non-hydrogen) atoms. The van der Waals surface area contributed by atoms with Crippen molar-refractivity contribution >= 4 is 5.97 Å². The number of methoxy groups -OCH3 is 1. The third-order valence-corrected chi connectivity index (χ3v) is 3.33. The number of ether oxygens (including phenoxy) is 1. The van der Waals surface area contributed by atoms with Crippen molar-refractivity contribution in [3.8, 4) is 0 Å². The van der Waals surface area contributed by atoms with Crippen LogP contribution in [0.5, 0.6) is 0 Å². The van der Waals surface area contributed by atoms with Crippen LogP contribution in [0.3, 0.4) is 0 Å². The Bertz CT molecular complexity index is 394. The van der Waals surface area contributed by atoms with Crippen LogP contribution in [0.1, 0.15) is 29.0 Å². The van der Waals surface area contributed by atoms with E-state index in [4.69, 9.17) is 0 Å². The second-order valence-electron chi connectivity index (χ2n) is 4.53. The highest BCUT2D eigenvalue weighted by atomic mass is 16.5. The third kappa shape index (κ3) is 2.85. The average Bonchev–Trinajstić information content (AvgIpc) is 2.71. The van der Waals surface area contributed by atoms with Gasteiger partial charge in [0, 0.05) is 12.7 Å². The maximum absolute atomic E-state index is 11.4. The van der Waals surface area contributed by atoms with E-state index in [1.807, 2.05) is 13.1 Å². The van der Waals surface area contributed by atoms with Gasteiger partial charge in [0.1, 0.15) is 0 Å². The maximum Gasteiger partial charge on any atom is 0.358 e. The molecule has 1 aliphatic rings. The second kappa shape index (κ2) is 5.31. The monoisotopic (exact) mass is 237 g/mol. The van der Waals surface area contributed by atoms with Crippen molar-refractivity contribution < 1.29 is 9.53 Å². The summed E-state index contributed by atoms with van der Waals surface area (Å²) in [5.41, 5.74) is 1.51. The molecule has 5 nitrogen and oxygen atoms in total. The minimum Gasteiger partial charge on any atom is -0.464 e. The van der Waals surface area contributed by atoms with E-state index in [0.717, 1.165) is 25.2 Å². The van der Waals surface area contributed by atoms with Gasteiger partial charge in [-0.25, -0.2) is 4.79 Å². The zero-order valence-corrected chi connectivity index (χ0v) is 10.4. The second-order valence-corrected chi connectivity index (χ2v) is 4.53. The van der Waals surface area contributed by atoms with Crippen LogP contribution >= 0.6 is 0 Å². The summed E-state index contributed by atoms with van der Waals surface area (Å²) in [4.78, 5) is 11.4. The van der Waals surface area contributed by atoms with Gasteiger partial charge in [0.05, 0.1) is 7.11 Å². The van der Waals surface area contributed by atoms with Gasteiger partial charge >= 0.3 is 5.97 Å². The van der Waals surface area contributed by atoms with Crippen molar-refractivity contribution in [1.82, 2.24) is 15.1 Å². The largest absolute Gasteiger partial charge is 0.464 e. The quantitative estimate of drug-likeness (QED) is 0.788. The molecule has 1 fully saturated rings. The lowest BCUT2D eigenvalue weighted by Crippen LogP contribution is -2.29. The number of hydrogen-bond donors (Lipinski definition) is 1. The van der Waals surface area contributed by atoms with Gasteiger partial charge in [0.2, 0.25) is 0 Å². The molecule has 0 spiro atoms. The molecule has 1 N–H and O–H groups in total. The molecule has 94 valence electrons. The predicted molar refractivity (Wildman–Crippen MR) is 63.8 cm³/mol. The lowest BCUT2D eigenvalue weighted by Gasteiger charge is -2.22. The molecule has 0 bridgehead atoms. The van der Waals surface area contributed by atoms with Crippen LogP contribution in [0.15, 0.2) is 6.07 Å². The van der Waals surface area contributed by atoms with E-state index in [1.165, 1.54) is 20.0 Å². The Morgan fingerprint density at radius 2 is 2.29 bits per heavy atom. The maximum atomic E-state index is 11.4. The van der Waals surface area contributed by atoms with Crippen LogP contribution < -0.4 is 5.32 Å². The number of aryl methyl sites for hydroxylation is 1. The summed E-state index contributed by atoms with van der Waals surface area (Å²) in [6, 6.07) is 1.84. The van der Waals surface area contributed by atoms with Crippen LogP contribution in [0.2, 0.25) is 0 Å². The summed E-state index contributed by atoms with van der Waals surface area (Å²) in [5, 5.41) is 7.52. The zero-order valence-electron chi connectivity index (χ0n) is 10.4. The lowest BCUT2D eigenvalue weighted by molar-refractivity contribution is 0.0593. The van der Waals surface area contributed by atoms with Gasteiger partial charge in [-0.15, -0.1) is 0 Å². The van der Waals surface area contributed by atoms with E-state index < -0.39 is 0 Å².